The molecule has 3 rings (SSSR count). The first-order valence-electron chi connectivity index (χ1n) is 8.68. The Hall–Kier alpha value is -3.05. The smallest absolute Gasteiger partial charge is 0.336 e. The topological polar surface area (TPSA) is 149 Å². The molecule has 1 saturated heterocycles. The van der Waals surface area contributed by atoms with Crippen LogP contribution < -0.4 is 4.74 Å². The number of carboxylic acids is 1. The second-order valence-corrected chi connectivity index (χ2v) is 6.35. The van der Waals surface area contributed by atoms with E-state index in [4.69, 9.17) is 14.2 Å². The van der Waals surface area contributed by atoms with Crippen molar-refractivity contribution in [2.45, 2.75) is 37.3 Å². The summed E-state index contributed by atoms with van der Waals surface area (Å²) in [6.07, 6.45) is -8.13. The molecule has 0 amide bonds. The first kappa shape index (κ1) is 20.7. The number of aliphatic carboxylic acids is 1. The molecular weight excluding hydrogens is 386 g/mol. The summed E-state index contributed by atoms with van der Waals surface area (Å²) in [5.74, 6) is -1.74. The summed E-state index contributed by atoms with van der Waals surface area (Å²) >= 11 is 0. The summed E-state index contributed by atoms with van der Waals surface area (Å²) in [5, 5.41) is 41.4. The van der Waals surface area contributed by atoms with Crippen LogP contribution in [0.25, 0.3) is 0 Å². The van der Waals surface area contributed by atoms with Crippen molar-refractivity contribution in [1.82, 2.24) is 0 Å². The van der Waals surface area contributed by atoms with Gasteiger partial charge in [0.25, 0.3) is 0 Å². The van der Waals surface area contributed by atoms with Gasteiger partial charge in [0.15, 0.2) is 24.2 Å². The Balaban J connectivity index is 1.77. The average Bonchev–Trinajstić information content (AvgIpc) is 2.71. The molecule has 0 saturated carbocycles. The van der Waals surface area contributed by atoms with Crippen molar-refractivity contribution in [3.8, 4) is 5.75 Å². The van der Waals surface area contributed by atoms with Crippen LogP contribution in [-0.2, 0) is 20.9 Å². The molecule has 0 unspecified atom stereocenters. The van der Waals surface area contributed by atoms with Gasteiger partial charge in [-0.3, -0.25) is 10.1 Å². The van der Waals surface area contributed by atoms with Crippen molar-refractivity contribution in [1.29, 1.82) is 0 Å². The van der Waals surface area contributed by atoms with Gasteiger partial charge in [0.1, 0.15) is 12.2 Å². The van der Waals surface area contributed by atoms with E-state index in [1.165, 1.54) is 24.3 Å². The summed E-state index contributed by atoms with van der Waals surface area (Å²) in [6.45, 7) is 0.0112. The first-order chi connectivity index (χ1) is 13.9. The molecule has 0 radical (unpaired) electrons. The van der Waals surface area contributed by atoms with E-state index in [0.29, 0.717) is 0 Å². The van der Waals surface area contributed by atoms with Crippen molar-refractivity contribution in [3.05, 3.63) is 70.3 Å². The molecular formula is C19H19NO9. The van der Waals surface area contributed by atoms with E-state index in [2.05, 4.69) is 0 Å². The lowest BCUT2D eigenvalue weighted by atomic mass is 9.98. The van der Waals surface area contributed by atoms with E-state index in [9.17, 15) is 30.2 Å². The number of nitrogens with zero attached hydrogens (tertiary/aromatic N) is 1. The molecule has 10 heteroatoms. The summed E-state index contributed by atoms with van der Waals surface area (Å²) in [6, 6.07) is 14.2. The zero-order valence-electron chi connectivity index (χ0n) is 15.0. The number of hydrogen-bond donors (Lipinski definition) is 3. The maximum Gasteiger partial charge on any atom is 0.336 e. The number of para-hydroxylation sites is 2. The Bertz CT molecular complexity index is 860. The fourth-order valence-corrected chi connectivity index (χ4v) is 2.91. The minimum Gasteiger partial charge on any atom is -0.479 e. The molecule has 0 aromatic heterocycles. The van der Waals surface area contributed by atoms with E-state index in [-0.39, 0.29) is 12.4 Å². The number of hydrogen-bond acceptors (Lipinski definition) is 8. The Morgan fingerprint density at radius 2 is 1.72 bits per heavy atom. The lowest BCUT2D eigenvalue weighted by Gasteiger charge is -2.40. The Kier molecular flexibility index (Phi) is 6.39. The quantitative estimate of drug-likeness (QED) is 0.454. The van der Waals surface area contributed by atoms with E-state index in [0.717, 1.165) is 5.56 Å². The van der Waals surface area contributed by atoms with Crippen molar-refractivity contribution < 1.29 is 39.2 Å². The van der Waals surface area contributed by atoms with Gasteiger partial charge in [0.05, 0.1) is 11.5 Å². The van der Waals surface area contributed by atoms with E-state index in [1.54, 1.807) is 24.3 Å². The average molecular weight is 405 g/mol. The van der Waals surface area contributed by atoms with Gasteiger partial charge in [0, 0.05) is 6.07 Å². The number of carbonyl (C=O) groups is 1. The molecule has 5 atom stereocenters. The maximum atomic E-state index is 11.7. The van der Waals surface area contributed by atoms with Crippen LogP contribution in [0.3, 0.4) is 0 Å². The Morgan fingerprint density at radius 1 is 1.07 bits per heavy atom. The highest BCUT2D eigenvalue weighted by Crippen LogP contribution is 2.32. The molecule has 1 heterocycles. The van der Waals surface area contributed by atoms with Gasteiger partial charge in [0.2, 0.25) is 0 Å². The van der Waals surface area contributed by atoms with E-state index in [1.807, 2.05) is 6.07 Å². The van der Waals surface area contributed by atoms with Crippen LogP contribution in [0, 0.1) is 10.1 Å². The molecule has 1 aliphatic rings. The maximum absolute atomic E-state index is 11.7. The van der Waals surface area contributed by atoms with Crippen LogP contribution in [-0.4, -0.2) is 56.9 Å². The minimum atomic E-state index is -1.73. The monoisotopic (exact) mass is 405 g/mol. The molecule has 154 valence electrons. The second kappa shape index (κ2) is 8.97. The van der Waals surface area contributed by atoms with Crippen LogP contribution in [0.4, 0.5) is 5.69 Å². The molecule has 2 aromatic carbocycles. The van der Waals surface area contributed by atoms with Crippen LogP contribution in [0.15, 0.2) is 54.6 Å². The Morgan fingerprint density at radius 3 is 2.38 bits per heavy atom. The normalized spacial score (nSPS) is 26.6. The molecule has 2 aromatic rings. The van der Waals surface area contributed by atoms with Crippen molar-refractivity contribution in [2.75, 3.05) is 0 Å². The van der Waals surface area contributed by atoms with Gasteiger partial charge in [-0.05, 0) is 11.6 Å². The van der Waals surface area contributed by atoms with Gasteiger partial charge in [-0.15, -0.1) is 0 Å². The molecule has 10 nitrogen and oxygen atoms in total. The molecule has 1 aliphatic heterocycles. The number of rotatable bonds is 7. The summed E-state index contributed by atoms with van der Waals surface area (Å²) in [4.78, 5) is 22.1. The van der Waals surface area contributed by atoms with Crippen LogP contribution >= 0.6 is 0 Å². The highest BCUT2D eigenvalue weighted by Gasteiger charge is 2.50. The number of carboxylic acid groups (broad SMARTS) is 1. The molecule has 29 heavy (non-hydrogen) atoms. The van der Waals surface area contributed by atoms with Gasteiger partial charge in [-0.2, -0.15) is 0 Å². The third-order valence-electron chi connectivity index (χ3n) is 4.37. The van der Waals surface area contributed by atoms with E-state index >= 15 is 0 Å². The number of nitro groups is 1. The highest BCUT2D eigenvalue weighted by molar-refractivity contribution is 5.73. The number of aliphatic hydroxyl groups excluding tert-OH is 2. The van der Waals surface area contributed by atoms with Gasteiger partial charge >= 0.3 is 11.7 Å². The third-order valence-corrected chi connectivity index (χ3v) is 4.37. The zero-order chi connectivity index (χ0) is 21.0. The molecule has 0 bridgehead atoms. The van der Waals surface area contributed by atoms with Gasteiger partial charge < -0.3 is 29.5 Å². The van der Waals surface area contributed by atoms with E-state index < -0.39 is 47.3 Å². The van der Waals surface area contributed by atoms with Crippen LogP contribution in [0.2, 0.25) is 0 Å². The fourth-order valence-electron chi connectivity index (χ4n) is 2.91. The van der Waals surface area contributed by atoms with Crippen molar-refractivity contribution >= 4 is 11.7 Å². The SMILES string of the molecule is O=C(O)[C@H]1O[C@@H](OCc2ccccc2)[C@H](O)[C@@H](O)[C@@H]1Oc1ccccc1[N+](=O)[O-]. The second-order valence-electron chi connectivity index (χ2n) is 6.35. The summed E-state index contributed by atoms with van der Waals surface area (Å²) in [5.41, 5.74) is 0.337. The third kappa shape index (κ3) is 4.69. The standard InChI is InChI=1S/C19H19NO9/c21-14-15(22)19(27-10-11-6-2-1-3-7-11)29-17(18(23)24)16(14)28-13-9-5-4-8-12(13)20(25)26/h1-9,14-17,19,21-22H,10H2,(H,23,24)/t14-,15-,16+,17+,19-/m1/s1. The van der Waals surface area contributed by atoms with Crippen LogP contribution in [0.1, 0.15) is 5.56 Å². The summed E-state index contributed by atoms with van der Waals surface area (Å²) < 4.78 is 16.1. The number of benzene rings is 2. The fraction of sp³-hybridized carbons (Fsp3) is 0.316. The zero-order valence-corrected chi connectivity index (χ0v) is 15.0. The van der Waals surface area contributed by atoms with Crippen molar-refractivity contribution in [3.63, 3.8) is 0 Å². The molecule has 0 spiro atoms. The number of nitro benzene ring substituents is 1. The lowest BCUT2D eigenvalue weighted by Crippen LogP contribution is -2.62. The predicted molar refractivity (Wildman–Crippen MR) is 97.1 cm³/mol. The Labute approximate surface area is 165 Å². The molecule has 0 aliphatic carbocycles. The van der Waals surface area contributed by atoms with Gasteiger partial charge in [-0.1, -0.05) is 42.5 Å². The first-order valence-corrected chi connectivity index (χ1v) is 8.68. The van der Waals surface area contributed by atoms with Crippen molar-refractivity contribution in [2.24, 2.45) is 0 Å². The number of aliphatic hydroxyl groups is 2. The molecule has 1 fully saturated rings. The largest absolute Gasteiger partial charge is 0.479 e. The van der Waals surface area contributed by atoms with Crippen LogP contribution in [0.5, 0.6) is 5.75 Å². The summed E-state index contributed by atoms with van der Waals surface area (Å²) in [7, 11) is 0. The lowest BCUT2D eigenvalue weighted by molar-refractivity contribution is -0.386. The minimum absolute atomic E-state index is 0.0112. The molecule has 3 N–H and O–H groups in total. The highest BCUT2D eigenvalue weighted by atomic mass is 16.7. The predicted octanol–water partition coefficient (Wildman–Crippen LogP) is 1.09. The number of ether oxygens (including phenoxy) is 3. The van der Waals surface area contributed by atoms with Gasteiger partial charge in [-0.25, -0.2) is 4.79 Å².